The first-order valence-electron chi connectivity index (χ1n) is 5.20. The molecule has 1 rings (SSSR count). The van der Waals surface area contributed by atoms with Crippen molar-refractivity contribution < 1.29 is 16.8 Å². The average molecular weight is 295 g/mol. The van der Waals surface area contributed by atoms with E-state index in [1.807, 2.05) is 0 Å². The van der Waals surface area contributed by atoms with Crippen LogP contribution in [0.15, 0.2) is 17.6 Å². The molecule has 0 saturated heterocycles. The first-order valence-corrected chi connectivity index (χ1v) is 8.40. The number of hydrogen-bond acceptors (Lipinski definition) is 5. The van der Waals surface area contributed by atoms with E-state index in [2.05, 4.69) is 4.98 Å². The van der Waals surface area contributed by atoms with E-state index >= 15 is 0 Å². The molecular weight excluding hydrogens is 278 g/mol. The molecule has 0 aliphatic heterocycles. The van der Waals surface area contributed by atoms with Crippen LogP contribution in [-0.4, -0.2) is 36.9 Å². The van der Waals surface area contributed by atoms with E-state index in [1.54, 1.807) is 20.8 Å². The summed E-state index contributed by atoms with van der Waals surface area (Å²) in [6.45, 7) is 4.99. The van der Waals surface area contributed by atoms with Gasteiger partial charge in [0.25, 0.3) is 10.0 Å². The number of sulfone groups is 1. The van der Waals surface area contributed by atoms with E-state index in [0.717, 1.165) is 0 Å². The van der Waals surface area contributed by atoms with Crippen molar-refractivity contribution in [1.29, 1.82) is 0 Å². The van der Waals surface area contributed by atoms with Gasteiger partial charge >= 0.3 is 0 Å². The highest BCUT2D eigenvalue weighted by Gasteiger charge is 2.28. The molecule has 0 spiro atoms. The van der Waals surface area contributed by atoms with Crippen LogP contribution >= 0.6 is 0 Å². The lowest BCUT2D eigenvalue weighted by atomic mass is 10.3. The fourth-order valence-corrected chi connectivity index (χ4v) is 2.68. The maximum Gasteiger partial charge on any atom is 0.257 e. The Balaban J connectivity index is 2.81. The molecule has 0 radical (unpaired) electrons. The van der Waals surface area contributed by atoms with Gasteiger partial charge in [-0.1, -0.05) is 0 Å². The van der Waals surface area contributed by atoms with Gasteiger partial charge in [0.2, 0.25) is 0 Å². The molecule has 9 heteroatoms. The number of aromatic nitrogens is 2. The highest BCUT2D eigenvalue weighted by Crippen LogP contribution is 2.16. The molecule has 18 heavy (non-hydrogen) atoms. The molecule has 0 amide bonds. The molecule has 0 saturated carbocycles. The third-order valence-corrected chi connectivity index (χ3v) is 5.83. The van der Waals surface area contributed by atoms with Crippen LogP contribution in [0.3, 0.4) is 0 Å². The third kappa shape index (κ3) is 3.53. The fraction of sp³-hybridized carbons (Fsp3) is 0.667. The Labute approximate surface area is 107 Å². The molecule has 0 atom stereocenters. The van der Waals surface area contributed by atoms with Gasteiger partial charge in [-0.25, -0.2) is 27.0 Å². The molecule has 0 aliphatic carbocycles. The number of aryl methyl sites for hydroxylation is 1. The summed E-state index contributed by atoms with van der Waals surface area (Å²) in [7, 11) is -7.10. The standard InChI is InChI=1S/C9H17N3O4S2/c1-9(2,3)17(13,14)5-4-12-6-8(11-7-12)18(10,15)16/h6-7H,4-5H2,1-3H3,(H2,10,15,16). The molecule has 0 aromatic carbocycles. The maximum atomic E-state index is 11.9. The number of imidazole rings is 1. The van der Waals surface area contributed by atoms with E-state index in [1.165, 1.54) is 17.1 Å². The fourth-order valence-electron chi connectivity index (χ4n) is 1.14. The minimum absolute atomic E-state index is 0.0864. The summed E-state index contributed by atoms with van der Waals surface area (Å²) >= 11 is 0. The molecule has 104 valence electrons. The summed E-state index contributed by atoms with van der Waals surface area (Å²) in [5.74, 6) is -0.0864. The normalized spacial score (nSPS) is 13.8. The van der Waals surface area contributed by atoms with Gasteiger partial charge < -0.3 is 4.57 Å². The van der Waals surface area contributed by atoms with E-state index in [4.69, 9.17) is 5.14 Å². The monoisotopic (exact) mass is 295 g/mol. The van der Waals surface area contributed by atoms with Crippen LogP contribution in [0.5, 0.6) is 0 Å². The van der Waals surface area contributed by atoms with Gasteiger partial charge in [0.15, 0.2) is 14.9 Å². The van der Waals surface area contributed by atoms with Gasteiger partial charge in [-0.05, 0) is 20.8 Å². The Kier molecular flexibility index (Phi) is 3.89. The Morgan fingerprint density at radius 1 is 1.28 bits per heavy atom. The van der Waals surface area contributed by atoms with Crippen LogP contribution in [0, 0.1) is 0 Å². The Morgan fingerprint density at radius 3 is 2.22 bits per heavy atom. The summed E-state index contributed by atoms with van der Waals surface area (Å²) in [4.78, 5) is 3.61. The van der Waals surface area contributed by atoms with Gasteiger partial charge in [0.1, 0.15) is 0 Å². The minimum atomic E-state index is -3.85. The summed E-state index contributed by atoms with van der Waals surface area (Å²) in [6, 6.07) is 0. The largest absolute Gasteiger partial charge is 0.335 e. The smallest absolute Gasteiger partial charge is 0.257 e. The first-order chi connectivity index (χ1) is 7.93. The number of sulfonamides is 1. The summed E-state index contributed by atoms with van der Waals surface area (Å²) in [5, 5.41) is 4.63. The summed E-state index contributed by atoms with van der Waals surface area (Å²) in [6.07, 6.45) is 2.46. The van der Waals surface area contributed by atoms with Crippen molar-refractivity contribution in [2.75, 3.05) is 5.75 Å². The highest BCUT2D eigenvalue weighted by molar-refractivity contribution is 7.92. The number of nitrogens with zero attached hydrogens (tertiary/aromatic N) is 2. The average Bonchev–Trinajstić information content (AvgIpc) is 2.60. The van der Waals surface area contributed by atoms with E-state index < -0.39 is 24.6 Å². The van der Waals surface area contributed by atoms with Crippen LogP contribution in [0.2, 0.25) is 0 Å². The van der Waals surface area contributed by atoms with Gasteiger partial charge in [0.05, 0.1) is 16.8 Å². The number of nitrogens with two attached hydrogens (primary N) is 1. The van der Waals surface area contributed by atoms with Gasteiger partial charge in [-0.3, -0.25) is 0 Å². The number of hydrogen-bond donors (Lipinski definition) is 1. The zero-order valence-corrected chi connectivity index (χ0v) is 12.1. The molecule has 2 N–H and O–H groups in total. The van der Waals surface area contributed by atoms with Crippen molar-refractivity contribution in [3.8, 4) is 0 Å². The lowest BCUT2D eigenvalue weighted by molar-refractivity contribution is 0.553. The van der Waals surface area contributed by atoms with Gasteiger partial charge in [-0.15, -0.1) is 0 Å². The molecule has 7 nitrogen and oxygen atoms in total. The second-order valence-electron chi connectivity index (χ2n) is 4.93. The SMILES string of the molecule is CC(C)(C)S(=O)(=O)CCn1cnc(S(N)(=O)=O)c1. The van der Waals surface area contributed by atoms with E-state index in [9.17, 15) is 16.8 Å². The molecule has 0 fully saturated rings. The maximum absolute atomic E-state index is 11.9. The molecular formula is C9H17N3O4S2. The second-order valence-corrected chi connectivity index (χ2v) is 9.30. The quantitative estimate of drug-likeness (QED) is 0.822. The molecule has 0 aliphatic rings. The van der Waals surface area contributed by atoms with E-state index in [-0.39, 0.29) is 17.3 Å². The lowest BCUT2D eigenvalue weighted by Crippen LogP contribution is -2.31. The molecule has 1 aromatic rings. The zero-order valence-electron chi connectivity index (χ0n) is 10.5. The summed E-state index contributed by atoms with van der Waals surface area (Å²) < 4.78 is 46.2. The van der Waals surface area contributed by atoms with Crippen molar-refractivity contribution in [1.82, 2.24) is 9.55 Å². The van der Waals surface area contributed by atoms with Crippen molar-refractivity contribution in [3.05, 3.63) is 12.5 Å². The molecule has 1 heterocycles. The van der Waals surface area contributed by atoms with Crippen LogP contribution in [0.25, 0.3) is 0 Å². The number of rotatable bonds is 4. The van der Waals surface area contributed by atoms with Gasteiger partial charge in [-0.2, -0.15) is 0 Å². The van der Waals surface area contributed by atoms with Crippen LogP contribution < -0.4 is 5.14 Å². The molecule has 0 bridgehead atoms. The van der Waals surface area contributed by atoms with E-state index in [0.29, 0.717) is 0 Å². The predicted octanol–water partition coefficient (Wildman–Crippen LogP) is -0.256. The zero-order chi connectivity index (χ0) is 14.2. The molecule has 1 aromatic heterocycles. The highest BCUT2D eigenvalue weighted by atomic mass is 32.2. The third-order valence-electron chi connectivity index (χ3n) is 2.45. The summed E-state index contributed by atoms with van der Waals surface area (Å²) in [5.41, 5.74) is 0. The topological polar surface area (TPSA) is 112 Å². The first kappa shape index (κ1) is 15.1. The van der Waals surface area contributed by atoms with Crippen molar-refractivity contribution >= 4 is 19.9 Å². The second kappa shape index (κ2) is 4.63. The Hall–Kier alpha value is -0.930. The van der Waals surface area contributed by atoms with Crippen molar-refractivity contribution in [3.63, 3.8) is 0 Å². The van der Waals surface area contributed by atoms with Crippen molar-refractivity contribution in [2.24, 2.45) is 5.14 Å². The lowest BCUT2D eigenvalue weighted by Gasteiger charge is -2.18. The van der Waals surface area contributed by atoms with Crippen LogP contribution in [0.4, 0.5) is 0 Å². The number of primary sulfonamides is 1. The predicted molar refractivity (Wildman–Crippen MR) is 67.1 cm³/mol. The van der Waals surface area contributed by atoms with Crippen LogP contribution in [-0.2, 0) is 26.4 Å². The van der Waals surface area contributed by atoms with Crippen LogP contribution in [0.1, 0.15) is 20.8 Å². The Bertz CT molecular complexity index is 623. The van der Waals surface area contributed by atoms with Crippen molar-refractivity contribution in [2.45, 2.75) is 37.1 Å². The minimum Gasteiger partial charge on any atom is -0.335 e. The Morgan fingerprint density at radius 2 is 1.83 bits per heavy atom. The molecule has 0 unspecified atom stereocenters. The van der Waals surface area contributed by atoms with Gasteiger partial charge in [0, 0.05) is 12.7 Å².